The van der Waals surface area contributed by atoms with E-state index in [9.17, 15) is 4.79 Å². The van der Waals surface area contributed by atoms with Crippen LogP contribution >= 0.6 is 11.8 Å². The molecule has 0 bridgehead atoms. The highest BCUT2D eigenvalue weighted by atomic mass is 32.2. The quantitative estimate of drug-likeness (QED) is 0.251. The number of allylic oxidation sites excluding steroid dienone is 1. The largest absolute Gasteiger partial charge is 0.485 e. The molecule has 8 heteroatoms. The molecular formula is C24H22N4O3S. The maximum Gasteiger partial charge on any atom is 0.192 e. The third-order valence-corrected chi connectivity index (χ3v) is 6.33. The average molecular weight is 447 g/mol. The van der Waals surface area contributed by atoms with Crippen molar-refractivity contribution in [1.29, 1.82) is 0 Å². The zero-order chi connectivity index (χ0) is 22.1. The summed E-state index contributed by atoms with van der Waals surface area (Å²) in [6.45, 7) is 6.62. The topological polar surface area (TPSA) is 82.0 Å². The standard InChI is InChI=1S/C24H22N4O3S/c1-3-12-28-23(21-13-30-19-10-6-7-11-20(19)31-21)26-27-24(28)32-14-18(29)22-15(2)25-17-9-5-4-8-16(17)22/h3-11,21,25H,1,12-14H2,2H3/t21-/m0/s1. The van der Waals surface area contributed by atoms with Crippen molar-refractivity contribution in [3.05, 3.63) is 78.3 Å². The first-order valence-electron chi connectivity index (χ1n) is 10.3. The highest BCUT2D eigenvalue weighted by Crippen LogP contribution is 2.36. The average Bonchev–Trinajstić information content (AvgIpc) is 3.37. The molecule has 2 aromatic heterocycles. The predicted molar refractivity (Wildman–Crippen MR) is 124 cm³/mol. The molecule has 3 heterocycles. The fourth-order valence-electron chi connectivity index (χ4n) is 3.93. The third-order valence-electron chi connectivity index (χ3n) is 5.36. The van der Waals surface area contributed by atoms with E-state index in [1.54, 1.807) is 6.08 Å². The van der Waals surface area contributed by atoms with E-state index in [2.05, 4.69) is 21.8 Å². The molecule has 2 aromatic carbocycles. The summed E-state index contributed by atoms with van der Waals surface area (Å²) in [6.07, 6.45) is 1.39. The Morgan fingerprint density at radius 3 is 2.84 bits per heavy atom. The van der Waals surface area contributed by atoms with Crippen LogP contribution in [0.1, 0.15) is 28.0 Å². The van der Waals surface area contributed by atoms with E-state index in [-0.39, 0.29) is 11.5 Å². The van der Waals surface area contributed by atoms with Gasteiger partial charge >= 0.3 is 0 Å². The summed E-state index contributed by atoms with van der Waals surface area (Å²) in [7, 11) is 0. The van der Waals surface area contributed by atoms with Crippen molar-refractivity contribution in [2.24, 2.45) is 0 Å². The summed E-state index contributed by atoms with van der Waals surface area (Å²) in [5.41, 5.74) is 2.56. The van der Waals surface area contributed by atoms with Crippen molar-refractivity contribution in [2.45, 2.75) is 24.7 Å². The Morgan fingerprint density at radius 1 is 1.22 bits per heavy atom. The minimum Gasteiger partial charge on any atom is -0.485 e. The summed E-state index contributed by atoms with van der Waals surface area (Å²) in [5, 5.41) is 10.3. The van der Waals surface area contributed by atoms with Gasteiger partial charge < -0.3 is 14.5 Å². The van der Waals surface area contributed by atoms with E-state index in [0.717, 1.165) is 22.2 Å². The predicted octanol–water partition coefficient (Wildman–Crippen LogP) is 4.74. The van der Waals surface area contributed by atoms with E-state index < -0.39 is 6.10 Å². The first kappa shape index (κ1) is 20.4. The molecule has 0 saturated heterocycles. The second-order valence-corrected chi connectivity index (χ2v) is 8.43. The third kappa shape index (κ3) is 3.67. The van der Waals surface area contributed by atoms with E-state index >= 15 is 0 Å². The molecule has 1 aliphatic heterocycles. The van der Waals surface area contributed by atoms with Crippen LogP contribution < -0.4 is 9.47 Å². The number of carbonyl (C=O) groups excluding carboxylic acids is 1. The molecule has 1 N–H and O–H groups in total. The fraction of sp³-hybridized carbons (Fsp3) is 0.208. The number of ether oxygens (including phenoxy) is 2. The molecule has 0 radical (unpaired) electrons. The maximum absolute atomic E-state index is 13.1. The molecule has 0 unspecified atom stereocenters. The van der Waals surface area contributed by atoms with Crippen LogP contribution in [0.25, 0.3) is 10.9 Å². The minimum atomic E-state index is -0.390. The fourth-order valence-corrected chi connectivity index (χ4v) is 4.76. The molecule has 0 saturated carbocycles. The number of ketones is 1. The SMILES string of the molecule is C=CCn1c(SCC(=O)c2c(C)[nH]c3ccccc23)nnc1[C@@H]1COc2ccccc2O1. The van der Waals surface area contributed by atoms with E-state index in [4.69, 9.17) is 9.47 Å². The Labute approximate surface area is 189 Å². The molecule has 7 nitrogen and oxygen atoms in total. The number of para-hydroxylation sites is 3. The van der Waals surface area contributed by atoms with Crippen molar-refractivity contribution in [1.82, 2.24) is 19.7 Å². The lowest BCUT2D eigenvalue weighted by molar-refractivity contribution is 0.0821. The summed E-state index contributed by atoms with van der Waals surface area (Å²) in [6, 6.07) is 15.4. The molecule has 0 fully saturated rings. The van der Waals surface area contributed by atoms with Crippen LogP contribution in [0.3, 0.4) is 0 Å². The van der Waals surface area contributed by atoms with Gasteiger partial charge in [0.2, 0.25) is 0 Å². The molecule has 5 rings (SSSR count). The number of rotatable bonds is 7. The Morgan fingerprint density at radius 2 is 2.00 bits per heavy atom. The van der Waals surface area contributed by atoms with Crippen molar-refractivity contribution in [2.75, 3.05) is 12.4 Å². The van der Waals surface area contributed by atoms with Gasteiger partial charge in [-0.15, -0.1) is 16.8 Å². The maximum atomic E-state index is 13.1. The second kappa shape index (κ2) is 8.55. The van der Waals surface area contributed by atoms with Gasteiger partial charge in [-0.1, -0.05) is 48.2 Å². The van der Waals surface area contributed by atoms with E-state index in [1.165, 1.54) is 11.8 Å². The number of aromatic amines is 1. The minimum absolute atomic E-state index is 0.0471. The molecule has 1 aliphatic rings. The molecule has 162 valence electrons. The number of aromatic nitrogens is 4. The van der Waals surface area contributed by atoms with Crippen LogP contribution in [0, 0.1) is 6.92 Å². The van der Waals surface area contributed by atoms with E-state index in [1.807, 2.05) is 60.0 Å². The lowest BCUT2D eigenvalue weighted by atomic mass is 10.1. The Hall–Kier alpha value is -3.52. The lowest BCUT2D eigenvalue weighted by Crippen LogP contribution is -2.25. The summed E-state index contributed by atoms with van der Waals surface area (Å²) < 4.78 is 13.9. The zero-order valence-corrected chi connectivity index (χ0v) is 18.4. The summed E-state index contributed by atoms with van der Waals surface area (Å²) in [4.78, 5) is 16.4. The molecule has 0 amide bonds. The first-order chi connectivity index (χ1) is 15.7. The number of hydrogen-bond acceptors (Lipinski definition) is 6. The number of fused-ring (bicyclic) bond motifs is 2. The Bertz CT molecular complexity index is 1310. The lowest BCUT2D eigenvalue weighted by Gasteiger charge is -2.26. The second-order valence-electron chi connectivity index (χ2n) is 7.49. The summed E-state index contributed by atoms with van der Waals surface area (Å²) in [5.74, 6) is 2.34. The number of benzene rings is 2. The van der Waals surface area contributed by atoms with Crippen molar-refractivity contribution in [3.63, 3.8) is 0 Å². The van der Waals surface area contributed by atoms with Gasteiger partial charge in [0, 0.05) is 28.7 Å². The number of thioether (sulfide) groups is 1. The number of Topliss-reactive ketones (excluding diaryl/α,β-unsaturated/α-hetero) is 1. The van der Waals surface area contributed by atoms with Crippen LogP contribution in [0.5, 0.6) is 11.5 Å². The van der Waals surface area contributed by atoms with Gasteiger partial charge in [-0.25, -0.2) is 0 Å². The normalized spacial score (nSPS) is 15.1. The highest BCUT2D eigenvalue weighted by molar-refractivity contribution is 7.99. The van der Waals surface area contributed by atoms with Crippen molar-refractivity contribution >= 4 is 28.4 Å². The molecule has 4 aromatic rings. The van der Waals surface area contributed by atoms with Gasteiger partial charge in [-0.05, 0) is 25.1 Å². The van der Waals surface area contributed by atoms with Crippen LogP contribution in [0.4, 0.5) is 0 Å². The van der Waals surface area contributed by atoms with Gasteiger partial charge in [0.25, 0.3) is 0 Å². The highest BCUT2D eigenvalue weighted by Gasteiger charge is 2.28. The van der Waals surface area contributed by atoms with Crippen LogP contribution in [0.15, 0.2) is 66.3 Å². The zero-order valence-electron chi connectivity index (χ0n) is 17.6. The molecular weight excluding hydrogens is 424 g/mol. The summed E-state index contributed by atoms with van der Waals surface area (Å²) >= 11 is 1.36. The smallest absolute Gasteiger partial charge is 0.192 e. The Kier molecular flexibility index (Phi) is 5.45. The van der Waals surface area contributed by atoms with Crippen molar-refractivity contribution < 1.29 is 14.3 Å². The van der Waals surface area contributed by atoms with Crippen LogP contribution in [0.2, 0.25) is 0 Å². The molecule has 0 aliphatic carbocycles. The van der Waals surface area contributed by atoms with Crippen LogP contribution in [-0.2, 0) is 6.54 Å². The first-order valence-corrected chi connectivity index (χ1v) is 11.3. The molecule has 32 heavy (non-hydrogen) atoms. The number of nitrogens with zero attached hydrogens (tertiary/aromatic N) is 3. The molecule has 0 spiro atoms. The number of H-pyrrole nitrogens is 1. The monoisotopic (exact) mass is 446 g/mol. The van der Waals surface area contributed by atoms with Gasteiger partial charge in [-0.2, -0.15) is 0 Å². The number of aryl methyl sites for hydroxylation is 1. The van der Waals surface area contributed by atoms with Gasteiger partial charge in [0.05, 0.1) is 5.75 Å². The van der Waals surface area contributed by atoms with Crippen molar-refractivity contribution in [3.8, 4) is 11.5 Å². The van der Waals surface area contributed by atoms with Gasteiger partial charge in [-0.3, -0.25) is 9.36 Å². The van der Waals surface area contributed by atoms with Gasteiger partial charge in [0.15, 0.2) is 34.4 Å². The Balaban J connectivity index is 1.37. The number of nitrogens with one attached hydrogen (secondary N) is 1. The van der Waals surface area contributed by atoms with E-state index in [0.29, 0.717) is 35.6 Å². The number of carbonyl (C=O) groups is 1. The van der Waals surface area contributed by atoms with Crippen LogP contribution in [-0.4, -0.2) is 37.9 Å². The van der Waals surface area contributed by atoms with Gasteiger partial charge in [0.1, 0.15) is 6.61 Å². The molecule has 1 atom stereocenters. The number of hydrogen-bond donors (Lipinski definition) is 1.